The molecule has 0 spiro atoms. The van der Waals surface area contributed by atoms with Crippen molar-refractivity contribution in [3.63, 3.8) is 0 Å². The zero-order chi connectivity index (χ0) is 26.0. The minimum Gasteiger partial charge on any atom is -0.492 e. The summed E-state index contributed by atoms with van der Waals surface area (Å²) in [5.41, 5.74) is 2.20. The zero-order valence-corrected chi connectivity index (χ0v) is 21.4. The van der Waals surface area contributed by atoms with Crippen molar-refractivity contribution in [1.82, 2.24) is 20.6 Å². The van der Waals surface area contributed by atoms with Crippen LogP contribution in [0.15, 0.2) is 71.7 Å². The first-order chi connectivity index (χ1) is 17.3. The van der Waals surface area contributed by atoms with Gasteiger partial charge in [-0.15, -0.1) is 6.58 Å². The molecule has 194 valence electrons. The van der Waals surface area contributed by atoms with E-state index in [-0.39, 0.29) is 14.3 Å². The predicted octanol–water partition coefficient (Wildman–Crippen LogP) is 4.33. The van der Waals surface area contributed by atoms with E-state index in [1.165, 1.54) is 6.20 Å². The molecule has 1 amide bonds. The number of nitrogens with one attached hydrogen (secondary N) is 4. The molecule has 1 aromatic heterocycles. The number of benzene rings is 2. The van der Waals surface area contributed by atoms with Gasteiger partial charge in [0.15, 0.2) is 0 Å². The number of hydrogen-bond acceptors (Lipinski definition) is 9. The van der Waals surface area contributed by atoms with Gasteiger partial charge in [-0.3, -0.25) is 4.79 Å². The number of amides is 1. The minimum absolute atomic E-state index is 0. The number of likely N-dealkylation sites (N-methyl/N-ethyl adjacent to an activating group) is 1. The first-order valence-electron chi connectivity index (χ1n) is 11.2. The van der Waals surface area contributed by atoms with Crippen LogP contribution in [-0.4, -0.2) is 59.3 Å². The van der Waals surface area contributed by atoms with Gasteiger partial charge in [0.05, 0.1) is 5.69 Å². The Morgan fingerprint density at radius 3 is 2.64 bits per heavy atom. The maximum Gasteiger partial charge on any atom is 0.256 e. The normalized spacial score (nSPS) is 10.9. The van der Waals surface area contributed by atoms with Crippen LogP contribution in [0.5, 0.6) is 5.75 Å². The highest BCUT2D eigenvalue weighted by Gasteiger charge is 2.15. The Balaban J connectivity index is 0.00000361. The molecule has 36 heavy (non-hydrogen) atoms. The van der Waals surface area contributed by atoms with Crippen LogP contribution in [-0.2, 0) is 9.73 Å². The summed E-state index contributed by atoms with van der Waals surface area (Å²) >= 11 is 0. The SMILES string of the molecule is C=CCNC(=O)c1cnc(Nc2ccc(OCCNC)cc2)nc1Nc1cccc(N=S(C)(C)=O)c1.[HH].[HH]. The molecule has 0 saturated heterocycles. The summed E-state index contributed by atoms with van der Waals surface area (Å²) in [5.74, 6) is 0.999. The van der Waals surface area contributed by atoms with Crippen molar-refractivity contribution in [3.8, 4) is 5.75 Å². The third-order valence-corrected chi connectivity index (χ3v) is 5.26. The number of hydrogen-bond donors (Lipinski definition) is 4. The monoisotopic (exact) mass is 513 g/mol. The molecular formula is C25H35N7O3S. The number of rotatable bonds is 12. The molecule has 3 aromatic rings. The average molecular weight is 514 g/mol. The van der Waals surface area contributed by atoms with Gasteiger partial charge in [0.2, 0.25) is 5.95 Å². The molecule has 1 heterocycles. The highest BCUT2D eigenvalue weighted by molar-refractivity contribution is 7.92. The summed E-state index contributed by atoms with van der Waals surface area (Å²) < 4.78 is 22.0. The Labute approximate surface area is 214 Å². The lowest BCUT2D eigenvalue weighted by Gasteiger charge is -2.13. The Hall–Kier alpha value is -3.96. The second-order valence-electron chi connectivity index (χ2n) is 8.00. The van der Waals surface area contributed by atoms with Gasteiger partial charge in [0.1, 0.15) is 23.7 Å². The lowest BCUT2D eigenvalue weighted by molar-refractivity contribution is 0.0958. The molecule has 4 N–H and O–H groups in total. The van der Waals surface area contributed by atoms with E-state index in [0.717, 1.165) is 18.0 Å². The molecule has 0 aliphatic heterocycles. The van der Waals surface area contributed by atoms with Crippen LogP contribution >= 0.6 is 0 Å². The van der Waals surface area contributed by atoms with Gasteiger partial charge < -0.3 is 26.0 Å². The first kappa shape index (κ1) is 26.6. The van der Waals surface area contributed by atoms with Gasteiger partial charge in [0.25, 0.3) is 5.91 Å². The highest BCUT2D eigenvalue weighted by atomic mass is 32.2. The fraction of sp³-hybridized carbons (Fsp3) is 0.240. The van der Waals surface area contributed by atoms with Crippen molar-refractivity contribution in [2.24, 2.45) is 4.36 Å². The molecular weight excluding hydrogens is 478 g/mol. The summed E-state index contributed by atoms with van der Waals surface area (Å²) in [6, 6.07) is 14.5. The summed E-state index contributed by atoms with van der Waals surface area (Å²) in [6.07, 6.45) is 6.17. The summed E-state index contributed by atoms with van der Waals surface area (Å²) in [5, 5.41) is 12.1. The average Bonchev–Trinajstić information content (AvgIpc) is 2.83. The number of carbonyl (C=O) groups excluding carboxylic acids is 1. The molecule has 11 heteroatoms. The van der Waals surface area contributed by atoms with Gasteiger partial charge in [-0.05, 0) is 49.5 Å². The van der Waals surface area contributed by atoms with Crippen LogP contribution in [0.25, 0.3) is 0 Å². The second kappa shape index (κ2) is 12.7. The van der Waals surface area contributed by atoms with Crippen molar-refractivity contribution in [2.75, 3.05) is 49.9 Å². The first-order valence-corrected chi connectivity index (χ1v) is 13.6. The molecule has 0 aliphatic rings. The Morgan fingerprint density at radius 1 is 1.17 bits per heavy atom. The summed E-state index contributed by atoms with van der Waals surface area (Å²) in [7, 11) is -0.455. The maximum absolute atomic E-state index is 12.7. The Morgan fingerprint density at radius 2 is 1.94 bits per heavy atom. The van der Waals surface area contributed by atoms with E-state index in [9.17, 15) is 9.00 Å². The van der Waals surface area contributed by atoms with Gasteiger partial charge >= 0.3 is 0 Å². The molecule has 10 nitrogen and oxygen atoms in total. The Bertz CT molecular complexity index is 1320. The molecule has 0 aliphatic carbocycles. The Kier molecular flexibility index (Phi) is 9.37. The van der Waals surface area contributed by atoms with Crippen molar-refractivity contribution < 1.29 is 16.6 Å². The van der Waals surface area contributed by atoms with E-state index in [1.807, 2.05) is 31.3 Å². The zero-order valence-electron chi connectivity index (χ0n) is 20.6. The lowest BCUT2D eigenvalue weighted by atomic mass is 10.2. The van der Waals surface area contributed by atoms with Crippen LogP contribution in [0.2, 0.25) is 0 Å². The topological polar surface area (TPSA) is 130 Å². The third kappa shape index (κ3) is 8.36. The van der Waals surface area contributed by atoms with Crippen LogP contribution < -0.4 is 26.0 Å². The fourth-order valence-electron chi connectivity index (χ4n) is 3.03. The predicted molar refractivity (Wildman–Crippen MR) is 150 cm³/mol. The fourth-order valence-corrected chi connectivity index (χ4v) is 3.65. The van der Waals surface area contributed by atoms with Gasteiger partial charge in [-0.2, -0.15) is 9.35 Å². The van der Waals surface area contributed by atoms with E-state index < -0.39 is 9.73 Å². The number of ether oxygens (including phenoxy) is 1. The molecule has 0 bridgehead atoms. The molecule has 0 radical (unpaired) electrons. The van der Waals surface area contributed by atoms with E-state index >= 15 is 0 Å². The summed E-state index contributed by atoms with van der Waals surface area (Å²) in [4.78, 5) is 21.6. The van der Waals surface area contributed by atoms with Crippen LogP contribution in [0.4, 0.5) is 28.8 Å². The molecule has 3 rings (SSSR count). The highest BCUT2D eigenvalue weighted by Crippen LogP contribution is 2.25. The minimum atomic E-state index is -2.32. The quantitative estimate of drug-likeness (QED) is 0.208. The largest absolute Gasteiger partial charge is 0.492 e. The van der Waals surface area contributed by atoms with Crippen molar-refractivity contribution in [3.05, 3.63) is 72.9 Å². The molecule has 2 aromatic carbocycles. The van der Waals surface area contributed by atoms with Crippen LogP contribution in [0, 0.1) is 0 Å². The smallest absolute Gasteiger partial charge is 0.256 e. The molecule has 0 fully saturated rings. The standard InChI is InChI=1S/C25H31N7O3S.2H2/c1-5-13-27-24(33)22-17-28-25(30-18-9-11-21(12-10-18)35-15-14-26-2)31-23(22)29-19-7-6-8-20(16-19)32-36(3,4)34;;/h5-12,16-17,26H,1,13-15H2,2-4H3,(H,27,33)(H2,28,29,30,31);2*1H. The molecule has 0 saturated carbocycles. The van der Waals surface area contributed by atoms with E-state index in [4.69, 9.17) is 4.74 Å². The van der Waals surface area contributed by atoms with E-state index in [2.05, 4.69) is 42.2 Å². The van der Waals surface area contributed by atoms with Gasteiger partial charge in [-0.1, -0.05) is 12.1 Å². The van der Waals surface area contributed by atoms with Gasteiger partial charge in [0, 0.05) is 55.8 Å². The third-order valence-electron chi connectivity index (χ3n) is 4.61. The van der Waals surface area contributed by atoms with E-state index in [0.29, 0.717) is 36.3 Å². The molecule has 0 unspecified atom stereocenters. The second-order valence-corrected chi connectivity index (χ2v) is 10.5. The van der Waals surface area contributed by atoms with Crippen molar-refractivity contribution in [1.29, 1.82) is 0 Å². The van der Waals surface area contributed by atoms with Crippen molar-refractivity contribution >= 4 is 44.5 Å². The number of anilines is 4. The number of carbonyl (C=O) groups is 1. The summed E-state index contributed by atoms with van der Waals surface area (Å²) in [6.45, 7) is 5.25. The number of nitrogens with zero attached hydrogens (tertiary/aromatic N) is 3. The van der Waals surface area contributed by atoms with Crippen molar-refractivity contribution in [2.45, 2.75) is 0 Å². The van der Waals surface area contributed by atoms with Gasteiger partial charge in [-0.25, -0.2) is 9.19 Å². The van der Waals surface area contributed by atoms with Crippen LogP contribution in [0.3, 0.4) is 0 Å². The molecule has 0 atom stereocenters. The van der Waals surface area contributed by atoms with E-state index in [1.54, 1.807) is 42.9 Å². The van der Waals surface area contributed by atoms with Crippen LogP contribution in [0.1, 0.15) is 13.2 Å². The number of aromatic nitrogens is 2. The lowest BCUT2D eigenvalue weighted by Crippen LogP contribution is -2.24. The maximum atomic E-state index is 12.7.